The molecule has 224 valence electrons. The van der Waals surface area contributed by atoms with Gasteiger partial charge in [0.1, 0.15) is 11.1 Å². The van der Waals surface area contributed by atoms with Crippen LogP contribution in [0.15, 0.2) is 36.4 Å². The van der Waals surface area contributed by atoms with E-state index in [0.717, 1.165) is 27.8 Å². The number of nitrogens with zero attached hydrogens (tertiary/aromatic N) is 3. The number of rotatable bonds is 3. The van der Waals surface area contributed by atoms with Crippen LogP contribution >= 0.6 is 0 Å². The predicted octanol–water partition coefficient (Wildman–Crippen LogP) is 4.54. The van der Waals surface area contributed by atoms with Crippen molar-refractivity contribution in [3.8, 4) is 103 Å². The maximum Gasteiger partial charge on any atom is 0.208 e. The van der Waals surface area contributed by atoms with Crippen LogP contribution in [0.2, 0.25) is 0 Å². The lowest BCUT2D eigenvalue weighted by atomic mass is 9.81. The van der Waals surface area contributed by atoms with Gasteiger partial charge in [0.15, 0.2) is 40.5 Å². The number of phenolic OH excluding ortho intramolecular Hbond substituents is 10. The Morgan fingerprint density at radius 1 is 0.455 bits per heavy atom. The van der Waals surface area contributed by atoms with Crippen LogP contribution in [0, 0.1) is 6.92 Å². The summed E-state index contributed by atoms with van der Waals surface area (Å²) in [5.41, 5.74) is 3.43. The first kappa shape index (κ1) is 28.0. The molecule has 0 radical (unpaired) electrons. The maximum atomic E-state index is 10.6. The molecule has 0 bridgehead atoms. The van der Waals surface area contributed by atoms with Crippen molar-refractivity contribution < 1.29 is 51.1 Å². The predicted molar refractivity (Wildman–Crippen MR) is 155 cm³/mol. The molecular weight excluding hydrogens is 574 g/mol. The standard InChI is InChI=1S/C31H25N3O10/c1-10-4-6-12-13-7-5-11(9-15(13)31(2,3)14(12)8-10)28-32-29(16-18(35)22(39)26(43)23(40)19(16)36)34-30(33-28)17-20(37)24(41)27(44)25(42)21(17)38/h4-9,35-44H,1-3H3. The summed E-state index contributed by atoms with van der Waals surface area (Å²) >= 11 is 0. The van der Waals surface area contributed by atoms with E-state index in [4.69, 9.17) is 0 Å². The molecule has 0 aliphatic heterocycles. The summed E-state index contributed by atoms with van der Waals surface area (Å²) in [6.07, 6.45) is 0. The molecule has 44 heavy (non-hydrogen) atoms. The molecule has 4 aromatic carbocycles. The number of aromatic hydroxyl groups is 10. The first-order valence-corrected chi connectivity index (χ1v) is 13.1. The minimum absolute atomic E-state index is 0.174. The fraction of sp³-hybridized carbons (Fsp3) is 0.129. The van der Waals surface area contributed by atoms with Crippen molar-refractivity contribution >= 4 is 0 Å². The van der Waals surface area contributed by atoms with Crippen LogP contribution in [-0.4, -0.2) is 66.0 Å². The molecule has 0 fully saturated rings. The van der Waals surface area contributed by atoms with E-state index in [9.17, 15) is 51.1 Å². The second-order valence-corrected chi connectivity index (χ2v) is 11.0. The largest absolute Gasteiger partial charge is 0.504 e. The molecule has 0 unspecified atom stereocenters. The normalized spacial score (nSPS) is 13.1. The molecule has 1 heterocycles. The number of phenols is 10. The van der Waals surface area contributed by atoms with Crippen molar-refractivity contribution in [2.45, 2.75) is 26.2 Å². The first-order chi connectivity index (χ1) is 20.6. The van der Waals surface area contributed by atoms with Gasteiger partial charge in [0.25, 0.3) is 0 Å². The Morgan fingerprint density at radius 3 is 1.27 bits per heavy atom. The highest BCUT2D eigenvalue weighted by Crippen LogP contribution is 2.57. The number of aryl methyl sites for hydroxylation is 1. The van der Waals surface area contributed by atoms with Crippen LogP contribution < -0.4 is 0 Å². The fourth-order valence-corrected chi connectivity index (χ4v) is 5.51. The van der Waals surface area contributed by atoms with E-state index < -0.39 is 85.7 Å². The zero-order valence-electron chi connectivity index (χ0n) is 23.3. The average Bonchev–Trinajstić information content (AvgIpc) is 3.22. The third-order valence-electron chi connectivity index (χ3n) is 7.91. The summed E-state index contributed by atoms with van der Waals surface area (Å²) in [5.74, 6) is -13.3. The highest BCUT2D eigenvalue weighted by atomic mass is 16.4. The summed E-state index contributed by atoms with van der Waals surface area (Å²) in [6, 6.07) is 11.4. The van der Waals surface area contributed by atoms with Gasteiger partial charge >= 0.3 is 0 Å². The molecule has 10 N–H and O–H groups in total. The highest BCUT2D eigenvalue weighted by Gasteiger charge is 2.36. The Kier molecular flexibility index (Phi) is 5.86. The average molecular weight is 600 g/mol. The van der Waals surface area contributed by atoms with Gasteiger partial charge in [-0.3, -0.25) is 0 Å². The van der Waals surface area contributed by atoms with E-state index in [-0.39, 0.29) is 5.82 Å². The number of fused-ring (bicyclic) bond motifs is 3. The molecule has 0 atom stereocenters. The Labute approximate surface area is 248 Å². The summed E-state index contributed by atoms with van der Waals surface area (Å²) in [7, 11) is 0. The monoisotopic (exact) mass is 599 g/mol. The third kappa shape index (κ3) is 3.75. The molecular formula is C31H25N3O10. The summed E-state index contributed by atoms with van der Waals surface area (Å²) in [5, 5.41) is 103. The Hall–Kier alpha value is -6.11. The number of hydrogen-bond acceptors (Lipinski definition) is 13. The molecule has 0 amide bonds. The summed E-state index contributed by atoms with van der Waals surface area (Å²) in [6.45, 7) is 6.08. The van der Waals surface area contributed by atoms with Crippen LogP contribution in [0.3, 0.4) is 0 Å². The van der Waals surface area contributed by atoms with Crippen LogP contribution in [0.1, 0.15) is 30.5 Å². The van der Waals surface area contributed by atoms with Crippen molar-refractivity contribution in [3.63, 3.8) is 0 Å². The van der Waals surface area contributed by atoms with Gasteiger partial charge in [0.05, 0.1) is 0 Å². The van der Waals surface area contributed by atoms with Crippen molar-refractivity contribution in [2.24, 2.45) is 0 Å². The summed E-state index contributed by atoms with van der Waals surface area (Å²) in [4.78, 5) is 12.7. The van der Waals surface area contributed by atoms with Crippen LogP contribution in [0.25, 0.3) is 45.3 Å². The second-order valence-electron chi connectivity index (χ2n) is 11.0. The van der Waals surface area contributed by atoms with Gasteiger partial charge in [-0.25, -0.2) is 15.0 Å². The molecule has 0 saturated carbocycles. The van der Waals surface area contributed by atoms with E-state index >= 15 is 0 Å². The van der Waals surface area contributed by atoms with E-state index in [0.29, 0.717) is 5.56 Å². The lowest BCUT2D eigenvalue weighted by Gasteiger charge is -2.22. The van der Waals surface area contributed by atoms with Crippen molar-refractivity contribution in [3.05, 3.63) is 53.1 Å². The van der Waals surface area contributed by atoms with Gasteiger partial charge in [-0.05, 0) is 35.2 Å². The van der Waals surface area contributed by atoms with E-state index in [1.165, 1.54) is 0 Å². The van der Waals surface area contributed by atoms with Crippen molar-refractivity contribution in [1.82, 2.24) is 15.0 Å². The lowest BCUT2D eigenvalue weighted by molar-refractivity contribution is 0.329. The zero-order chi connectivity index (χ0) is 32.0. The molecule has 6 rings (SSSR count). The SMILES string of the molecule is Cc1ccc2c(c1)C(C)(C)c1cc(-c3nc(-c4c(O)c(O)c(O)c(O)c4O)nc(-c4c(O)c(O)c(O)c(O)c4O)n3)ccc1-2. The fourth-order valence-electron chi connectivity index (χ4n) is 5.51. The molecule has 1 aliphatic carbocycles. The smallest absolute Gasteiger partial charge is 0.208 e. The number of hydrogen-bond donors (Lipinski definition) is 10. The van der Waals surface area contributed by atoms with Gasteiger partial charge in [-0.2, -0.15) is 0 Å². The van der Waals surface area contributed by atoms with Gasteiger partial charge in [-0.1, -0.05) is 49.7 Å². The third-order valence-corrected chi connectivity index (χ3v) is 7.91. The first-order valence-electron chi connectivity index (χ1n) is 13.1. The van der Waals surface area contributed by atoms with Gasteiger partial charge < -0.3 is 51.1 Å². The molecule has 0 saturated heterocycles. The van der Waals surface area contributed by atoms with Crippen LogP contribution in [0.5, 0.6) is 57.5 Å². The second kappa shape index (κ2) is 9.19. The van der Waals surface area contributed by atoms with Crippen LogP contribution in [-0.2, 0) is 5.41 Å². The zero-order valence-corrected chi connectivity index (χ0v) is 23.3. The molecule has 1 aliphatic rings. The van der Waals surface area contributed by atoms with Crippen LogP contribution in [0.4, 0.5) is 0 Å². The Balaban J connectivity index is 1.66. The van der Waals surface area contributed by atoms with Crippen molar-refractivity contribution in [1.29, 1.82) is 0 Å². The molecule has 5 aromatic rings. The topological polar surface area (TPSA) is 241 Å². The molecule has 13 nitrogen and oxygen atoms in total. The molecule has 0 spiro atoms. The minimum Gasteiger partial charge on any atom is -0.504 e. The van der Waals surface area contributed by atoms with E-state index in [2.05, 4.69) is 21.0 Å². The van der Waals surface area contributed by atoms with Gasteiger partial charge in [-0.15, -0.1) is 0 Å². The van der Waals surface area contributed by atoms with Gasteiger partial charge in [0.2, 0.25) is 34.5 Å². The quantitative estimate of drug-likeness (QED) is 0.101. The van der Waals surface area contributed by atoms with Crippen molar-refractivity contribution in [2.75, 3.05) is 0 Å². The number of benzene rings is 4. The van der Waals surface area contributed by atoms with E-state index in [1.54, 1.807) is 12.1 Å². The Morgan fingerprint density at radius 2 is 0.818 bits per heavy atom. The number of aromatic nitrogens is 3. The summed E-state index contributed by atoms with van der Waals surface area (Å²) < 4.78 is 0. The van der Waals surface area contributed by atoms with E-state index in [1.807, 2.05) is 39.0 Å². The maximum absolute atomic E-state index is 10.6. The molecule has 1 aromatic heterocycles. The molecule has 13 heteroatoms. The lowest BCUT2D eigenvalue weighted by Crippen LogP contribution is -2.15. The highest BCUT2D eigenvalue weighted by molar-refractivity contribution is 5.87. The minimum atomic E-state index is -1.22. The Bertz CT molecular complexity index is 1930. The van der Waals surface area contributed by atoms with Gasteiger partial charge in [0, 0.05) is 11.0 Å².